The largest absolute Gasteiger partial charge is 0.337 e. The number of aromatic nitrogens is 4. The van der Waals surface area contributed by atoms with Crippen LogP contribution in [0.5, 0.6) is 0 Å². The van der Waals surface area contributed by atoms with E-state index in [0.717, 1.165) is 0 Å². The topological polar surface area (TPSA) is 76.7 Å². The van der Waals surface area contributed by atoms with Crippen LogP contribution in [0.2, 0.25) is 0 Å². The first kappa shape index (κ1) is 11.3. The molecule has 0 radical (unpaired) electrons. The zero-order valence-corrected chi connectivity index (χ0v) is 10.0. The van der Waals surface area contributed by atoms with Crippen molar-refractivity contribution in [2.24, 2.45) is 0 Å². The van der Waals surface area contributed by atoms with E-state index in [0.29, 0.717) is 30.0 Å². The molecule has 0 aromatic carbocycles. The molecule has 0 amide bonds. The first-order valence-corrected chi connectivity index (χ1v) is 6.24. The zero-order valence-electron chi connectivity index (χ0n) is 10.0. The molecule has 1 saturated carbocycles. The summed E-state index contributed by atoms with van der Waals surface area (Å²) in [4.78, 5) is 12.3. The molecule has 2 aromatic rings. The zero-order chi connectivity index (χ0) is 12.2. The summed E-state index contributed by atoms with van der Waals surface area (Å²) in [6, 6.07) is 2.36. The van der Waals surface area contributed by atoms with Crippen molar-refractivity contribution >= 4 is 0 Å². The summed E-state index contributed by atoms with van der Waals surface area (Å²) >= 11 is 0. The monoisotopic (exact) mass is 245 g/mol. The number of rotatable bonds is 4. The molecule has 3 rings (SSSR count). The van der Waals surface area contributed by atoms with Gasteiger partial charge in [-0.25, -0.2) is 9.97 Å². The molecule has 1 aliphatic carbocycles. The Kier molecular flexibility index (Phi) is 3.27. The average Bonchev–Trinajstić information content (AvgIpc) is 3.09. The Balaban J connectivity index is 1.63. The quantitative estimate of drug-likeness (QED) is 0.880. The van der Waals surface area contributed by atoms with Gasteiger partial charge in [-0.15, -0.1) is 0 Å². The summed E-state index contributed by atoms with van der Waals surface area (Å²) in [6.45, 7) is 0.628. The molecule has 94 valence electrons. The maximum atomic E-state index is 5.19. The van der Waals surface area contributed by atoms with Crippen molar-refractivity contribution in [3.63, 3.8) is 0 Å². The van der Waals surface area contributed by atoms with Gasteiger partial charge >= 0.3 is 0 Å². The van der Waals surface area contributed by atoms with Crippen molar-refractivity contribution in [2.75, 3.05) is 0 Å². The number of nitrogens with one attached hydrogen (secondary N) is 1. The minimum absolute atomic E-state index is 0.514. The Morgan fingerprint density at radius 1 is 1.33 bits per heavy atom. The first-order valence-electron chi connectivity index (χ1n) is 6.24. The van der Waals surface area contributed by atoms with E-state index < -0.39 is 0 Å². The summed E-state index contributed by atoms with van der Waals surface area (Å²) in [5, 5.41) is 7.35. The molecule has 1 fully saturated rings. The molecule has 0 spiro atoms. The number of nitrogens with zero attached hydrogens (tertiary/aromatic N) is 4. The van der Waals surface area contributed by atoms with Crippen molar-refractivity contribution in [3.05, 3.63) is 24.5 Å². The van der Waals surface area contributed by atoms with Gasteiger partial charge in [0.1, 0.15) is 12.0 Å². The van der Waals surface area contributed by atoms with Gasteiger partial charge in [0, 0.05) is 12.2 Å². The fraction of sp³-hybridized carbons (Fsp3) is 0.500. The third-order valence-corrected chi connectivity index (χ3v) is 3.18. The normalized spacial score (nSPS) is 16.2. The van der Waals surface area contributed by atoms with E-state index >= 15 is 0 Å². The first-order chi connectivity index (χ1) is 8.92. The Morgan fingerprint density at radius 2 is 2.22 bits per heavy atom. The van der Waals surface area contributed by atoms with E-state index in [1.54, 1.807) is 12.3 Å². The molecule has 2 heterocycles. The summed E-state index contributed by atoms with van der Waals surface area (Å²) in [5.41, 5.74) is 0.681. The highest BCUT2D eigenvalue weighted by atomic mass is 16.5. The predicted octanol–water partition coefficient (Wildman–Crippen LogP) is 1.56. The molecule has 0 unspecified atom stereocenters. The van der Waals surface area contributed by atoms with Crippen molar-refractivity contribution in [1.82, 2.24) is 25.4 Å². The second kappa shape index (κ2) is 5.22. The van der Waals surface area contributed by atoms with E-state index in [1.165, 1.54) is 32.0 Å². The van der Waals surface area contributed by atoms with E-state index in [1.807, 2.05) is 0 Å². The van der Waals surface area contributed by atoms with Crippen LogP contribution in [0, 0.1) is 0 Å². The van der Waals surface area contributed by atoms with Crippen LogP contribution < -0.4 is 5.32 Å². The van der Waals surface area contributed by atoms with Gasteiger partial charge in [-0.05, 0) is 18.9 Å². The van der Waals surface area contributed by atoms with Gasteiger partial charge in [0.2, 0.25) is 11.7 Å². The van der Waals surface area contributed by atoms with Gasteiger partial charge in [0.25, 0.3) is 0 Å². The summed E-state index contributed by atoms with van der Waals surface area (Å²) in [5.74, 6) is 1.12. The lowest BCUT2D eigenvalue weighted by molar-refractivity contribution is 0.357. The molecule has 6 nitrogen and oxygen atoms in total. The molecular weight excluding hydrogens is 230 g/mol. The fourth-order valence-corrected chi connectivity index (χ4v) is 2.22. The molecule has 0 aliphatic heterocycles. The van der Waals surface area contributed by atoms with E-state index in [2.05, 4.69) is 25.4 Å². The highest BCUT2D eigenvalue weighted by molar-refractivity contribution is 5.46. The third kappa shape index (κ3) is 2.53. The van der Waals surface area contributed by atoms with Gasteiger partial charge in [-0.1, -0.05) is 18.0 Å². The van der Waals surface area contributed by atoms with Crippen LogP contribution in [-0.2, 0) is 6.54 Å². The highest BCUT2D eigenvalue weighted by Gasteiger charge is 2.16. The third-order valence-electron chi connectivity index (χ3n) is 3.18. The Labute approximate surface area is 105 Å². The summed E-state index contributed by atoms with van der Waals surface area (Å²) < 4.78 is 5.19. The van der Waals surface area contributed by atoms with Crippen LogP contribution >= 0.6 is 0 Å². The van der Waals surface area contributed by atoms with Crippen molar-refractivity contribution in [3.8, 4) is 11.5 Å². The molecule has 18 heavy (non-hydrogen) atoms. The fourth-order valence-electron chi connectivity index (χ4n) is 2.22. The second-order valence-electron chi connectivity index (χ2n) is 4.47. The van der Waals surface area contributed by atoms with Crippen LogP contribution in [0.15, 0.2) is 23.1 Å². The molecule has 1 N–H and O–H groups in total. The maximum Gasteiger partial charge on any atom is 0.240 e. The smallest absolute Gasteiger partial charge is 0.240 e. The summed E-state index contributed by atoms with van der Waals surface area (Å²) in [6.07, 6.45) is 8.25. The van der Waals surface area contributed by atoms with Crippen LogP contribution in [0.3, 0.4) is 0 Å². The maximum absolute atomic E-state index is 5.19. The molecule has 1 aliphatic rings. The lowest BCUT2D eigenvalue weighted by Gasteiger charge is -2.08. The van der Waals surface area contributed by atoms with Gasteiger partial charge in [-0.3, -0.25) is 0 Å². The van der Waals surface area contributed by atoms with Crippen LogP contribution in [-0.4, -0.2) is 26.2 Å². The van der Waals surface area contributed by atoms with Gasteiger partial charge in [0.05, 0.1) is 6.54 Å². The van der Waals surface area contributed by atoms with Crippen molar-refractivity contribution < 1.29 is 4.52 Å². The van der Waals surface area contributed by atoms with Crippen LogP contribution in [0.4, 0.5) is 0 Å². The predicted molar refractivity (Wildman–Crippen MR) is 64.4 cm³/mol. The lowest BCUT2D eigenvalue weighted by atomic mass is 10.2. The van der Waals surface area contributed by atoms with Crippen molar-refractivity contribution in [1.29, 1.82) is 0 Å². The van der Waals surface area contributed by atoms with Gasteiger partial charge in [0.15, 0.2) is 0 Å². The van der Waals surface area contributed by atoms with Gasteiger partial charge < -0.3 is 9.84 Å². The van der Waals surface area contributed by atoms with Crippen LogP contribution in [0.1, 0.15) is 31.6 Å². The lowest BCUT2D eigenvalue weighted by Crippen LogP contribution is -2.25. The molecule has 6 heteroatoms. The molecule has 0 saturated heterocycles. The Morgan fingerprint density at radius 3 is 3.00 bits per heavy atom. The highest BCUT2D eigenvalue weighted by Crippen LogP contribution is 2.18. The standard InChI is InChI=1S/C12H15N5O/c1-2-4-9(3-1)14-7-11-16-12(17-18-11)10-5-6-13-8-15-10/h5-6,8-9,14H,1-4,7H2. The van der Waals surface area contributed by atoms with E-state index in [-0.39, 0.29) is 0 Å². The van der Waals surface area contributed by atoms with Gasteiger partial charge in [-0.2, -0.15) is 4.98 Å². The minimum atomic E-state index is 0.514. The Bertz CT molecular complexity index is 492. The summed E-state index contributed by atoms with van der Waals surface area (Å²) in [7, 11) is 0. The van der Waals surface area contributed by atoms with E-state index in [9.17, 15) is 0 Å². The number of hydrogen-bond donors (Lipinski definition) is 1. The molecular formula is C12H15N5O. The van der Waals surface area contributed by atoms with Crippen molar-refractivity contribution in [2.45, 2.75) is 38.3 Å². The molecule has 0 bridgehead atoms. The number of hydrogen-bond acceptors (Lipinski definition) is 6. The second-order valence-corrected chi connectivity index (χ2v) is 4.47. The SMILES string of the molecule is c1cc(-c2noc(CNC3CCCC3)n2)ncn1. The molecule has 0 atom stereocenters. The Hall–Kier alpha value is -1.82. The minimum Gasteiger partial charge on any atom is -0.337 e. The van der Waals surface area contributed by atoms with Crippen LogP contribution in [0.25, 0.3) is 11.5 Å². The average molecular weight is 245 g/mol. The van der Waals surface area contributed by atoms with E-state index in [4.69, 9.17) is 4.52 Å². The molecule has 2 aromatic heterocycles.